The number of carbonyl (C=O) groups excluding carboxylic acids is 2. The van der Waals surface area contributed by atoms with Gasteiger partial charge in [0.1, 0.15) is 5.75 Å². The fourth-order valence-corrected chi connectivity index (χ4v) is 3.41. The van der Waals surface area contributed by atoms with Gasteiger partial charge in [0.15, 0.2) is 0 Å². The molecule has 136 valence electrons. The molecule has 2 aromatic rings. The van der Waals surface area contributed by atoms with Gasteiger partial charge in [0.25, 0.3) is 11.8 Å². The van der Waals surface area contributed by atoms with Crippen molar-refractivity contribution in [3.8, 4) is 5.75 Å². The topological polar surface area (TPSA) is 70.7 Å². The van der Waals surface area contributed by atoms with Gasteiger partial charge in [-0.3, -0.25) is 20.4 Å². The number of hydrazine groups is 1. The third kappa shape index (κ3) is 4.16. The van der Waals surface area contributed by atoms with Crippen molar-refractivity contribution in [1.29, 1.82) is 0 Å². The van der Waals surface area contributed by atoms with Gasteiger partial charge in [-0.1, -0.05) is 18.2 Å². The van der Waals surface area contributed by atoms with E-state index in [0.29, 0.717) is 15.8 Å². The number of halogens is 1. The van der Waals surface area contributed by atoms with Crippen molar-refractivity contribution >= 4 is 33.4 Å². The number of methoxy groups -OCH3 is 1. The molecule has 0 unspecified atom stereocenters. The summed E-state index contributed by atoms with van der Waals surface area (Å²) in [5.41, 5.74) is 7.64. The Labute approximate surface area is 160 Å². The Morgan fingerprint density at radius 3 is 2.81 bits per heavy atom. The van der Waals surface area contributed by atoms with Crippen LogP contribution in [0.5, 0.6) is 5.75 Å². The van der Waals surface area contributed by atoms with Crippen LogP contribution in [0.25, 0.3) is 0 Å². The maximum absolute atomic E-state index is 12.3. The standard InChI is InChI=1S/C19H20BrN3O3/c1-26-14-8-9-16(20)15(11-14)19(25)22-21-18(24)12-23-10-4-6-13-5-2-3-7-17(13)23/h2-3,5,7-9,11H,4,6,10,12H2,1H3,(H,21,24)(H,22,25). The van der Waals surface area contributed by atoms with Crippen LogP contribution in [0.3, 0.4) is 0 Å². The zero-order valence-corrected chi connectivity index (χ0v) is 16.0. The number of hydrogen-bond acceptors (Lipinski definition) is 4. The summed E-state index contributed by atoms with van der Waals surface area (Å²) < 4.78 is 5.74. The molecule has 0 fully saturated rings. The number of para-hydroxylation sites is 1. The van der Waals surface area contributed by atoms with Gasteiger partial charge in [-0.2, -0.15) is 0 Å². The zero-order chi connectivity index (χ0) is 18.5. The minimum absolute atomic E-state index is 0.191. The van der Waals surface area contributed by atoms with Crippen LogP contribution < -0.4 is 20.5 Å². The first-order chi connectivity index (χ1) is 12.6. The average Bonchev–Trinajstić information content (AvgIpc) is 2.67. The number of nitrogens with zero attached hydrogens (tertiary/aromatic N) is 1. The number of ether oxygens (including phenoxy) is 1. The molecule has 0 saturated carbocycles. The Bertz CT molecular complexity index is 825. The number of carbonyl (C=O) groups is 2. The van der Waals surface area contributed by atoms with Crippen molar-refractivity contribution in [3.05, 3.63) is 58.1 Å². The summed E-state index contributed by atoms with van der Waals surface area (Å²) in [6.45, 7) is 1.01. The molecular weight excluding hydrogens is 398 g/mol. The van der Waals surface area contributed by atoms with Crippen molar-refractivity contribution in [1.82, 2.24) is 10.9 Å². The second kappa shape index (κ2) is 8.23. The van der Waals surface area contributed by atoms with Crippen molar-refractivity contribution < 1.29 is 14.3 Å². The van der Waals surface area contributed by atoms with E-state index >= 15 is 0 Å². The van der Waals surface area contributed by atoms with Crippen LogP contribution >= 0.6 is 15.9 Å². The summed E-state index contributed by atoms with van der Waals surface area (Å²) in [5, 5.41) is 0. The van der Waals surface area contributed by atoms with Gasteiger partial charge in [-0.25, -0.2) is 0 Å². The molecule has 2 amide bonds. The van der Waals surface area contributed by atoms with Gasteiger partial charge in [0.2, 0.25) is 0 Å². The minimum Gasteiger partial charge on any atom is -0.497 e. The summed E-state index contributed by atoms with van der Waals surface area (Å²) in [4.78, 5) is 26.6. The molecule has 0 spiro atoms. The molecule has 0 aromatic heterocycles. The molecule has 1 heterocycles. The van der Waals surface area contributed by atoms with Crippen LogP contribution in [0.1, 0.15) is 22.3 Å². The number of rotatable bonds is 4. The lowest BCUT2D eigenvalue weighted by Gasteiger charge is -2.30. The van der Waals surface area contributed by atoms with E-state index < -0.39 is 5.91 Å². The van der Waals surface area contributed by atoms with E-state index in [0.717, 1.165) is 25.1 Å². The molecule has 0 saturated heterocycles. The fourth-order valence-electron chi connectivity index (χ4n) is 2.99. The molecule has 1 aliphatic heterocycles. The Kier molecular flexibility index (Phi) is 5.78. The average molecular weight is 418 g/mol. The Hall–Kier alpha value is -2.54. The number of aryl methyl sites for hydroxylation is 1. The summed E-state index contributed by atoms with van der Waals surface area (Å²) in [5.74, 6) is -0.119. The quantitative estimate of drug-likeness (QED) is 0.750. The SMILES string of the molecule is COc1ccc(Br)c(C(=O)NNC(=O)CN2CCCc3ccccc32)c1. The van der Waals surface area contributed by atoms with Crippen LogP contribution in [-0.2, 0) is 11.2 Å². The van der Waals surface area contributed by atoms with Gasteiger partial charge >= 0.3 is 0 Å². The number of fused-ring (bicyclic) bond motifs is 1. The number of benzene rings is 2. The van der Waals surface area contributed by atoms with Gasteiger partial charge in [-0.15, -0.1) is 0 Å². The molecule has 2 aromatic carbocycles. The monoisotopic (exact) mass is 417 g/mol. The van der Waals surface area contributed by atoms with Crippen molar-refractivity contribution in [2.45, 2.75) is 12.8 Å². The first-order valence-corrected chi connectivity index (χ1v) is 9.13. The lowest BCUT2D eigenvalue weighted by atomic mass is 10.0. The molecule has 6 nitrogen and oxygen atoms in total. The third-order valence-electron chi connectivity index (χ3n) is 4.27. The first kappa shape index (κ1) is 18.3. The maximum Gasteiger partial charge on any atom is 0.270 e. The number of amides is 2. The van der Waals surface area contributed by atoms with Gasteiger partial charge in [-0.05, 0) is 58.6 Å². The largest absolute Gasteiger partial charge is 0.497 e. The molecule has 0 radical (unpaired) electrons. The van der Waals surface area contributed by atoms with E-state index in [2.05, 4.69) is 32.8 Å². The predicted octanol–water partition coefficient (Wildman–Crippen LogP) is 2.67. The molecule has 0 bridgehead atoms. The van der Waals surface area contributed by atoms with E-state index in [-0.39, 0.29) is 12.5 Å². The smallest absolute Gasteiger partial charge is 0.270 e. The van der Waals surface area contributed by atoms with E-state index in [1.54, 1.807) is 18.2 Å². The van der Waals surface area contributed by atoms with E-state index in [4.69, 9.17) is 4.74 Å². The first-order valence-electron chi connectivity index (χ1n) is 8.34. The van der Waals surface area contributed by atoms with Crippen LogP contribution in [0.2, 0.25) is 0 Å². The molecular formula is C19H20BrN3O3. The highest BCUT2D eigenvalue weighted by molar-refractivity contribution is 9.10. The normalized spacial score (nSPS) is 12.9. The summed E-state index contributed by atoms with van der Waals surface area (Å²) in [6, 6.07) is 13.2. The summed E-state index contributed by atoms with van der Waals surface area (Å²) in [7, 11) is 1.53. The van der Waals surface area contributed by atoms with Crippen molar-refractivity contribution in [3.63, 3.8) is 0 Å². The molecule has 0 aliphatic carbocycles. The lowest BCUT2D eigenvalue weighted by Crippen LogP contribution is -2.47. The molecule has 7 heteroatoms. The zero-order valence-electron chi connectivity index (χ0n) is 14.4. The molecule has 3 rings (SSSR count). The van der Waals surface area contributed by atoms with E-state index in [9.17, 15) is 9.59 Å². The van der Waals surface area contributed by atoms with Gasteiger partial charge < -0.3 is 9.64 Å². The van der Waals surface area contributed by atoms with Crippen LogP contribution in [0, 0.1) is 0 Å². The Morgan fingerprint density at radius 2 is 2.00 bits per heavy atom. The maximum atomic E-state index is 12.3. The summed E-state index contributed by atoms with van der Waals surface area (Å²) in [6.07, 6.45) is 2.03. The highest BCUT2D eigenvalue weighted by atomic mass is 79.9. The van der Waals surface area contributed by atoms with Crippen molar-refractivity contribution in [2.24, 2.45) is 0 Å². The molecule has 0 atom stereocenters. The second-order valence-corrected chi connectivity index (χ2v) is 6.86. The number of anilines is 1. The number of nitrogens with one attached hydrogen (secondary N) is 2. The van der Waals surface area contributed by atoms with Crippen LogP contribution in [0.4, 0.5) is 5.69 Å². The highest BCUT2D eigenvalue weighted by Gasteiger charge is 2.19. The Balaban J connectivity index is 1.59. The predicted molar refractivity (Wildman–Crippen MR) is 103 cm³/mol. The highest BCUT2D eigenvalue weighted by Crippen LogP contribution is 2.26. The third-order valence-corrected chi connectivity index (χ3v) is 4.97. The molecule has 2 N–H and O–H groups in total. The fraction of sp³-hybridized carbons (Fsp3) is 0.263. The Morgan fingerprint density at radius 1 is 1.19 bits per heavy atom. The van der Waals surface area contributed by atoms with Gasteiger partial charge in [0.05, 0.1) is 19.2 Å². The van der Waals surface area contributed by atoms with E-state index in [1.807, 2.05) is 23.1 Å². The summed E-state index contributed by atoms with van der Waals surface area (Å²) >= 11 is 3.33. The van der Waals surface area contributed by atoms with Crippen LogP contribution in [0.15, 0.2) is 46.9 Å². The molecule has 1 aliphatic rings. The van der Waals surface area contributed by atoms with E-state index in [1.165, 1.54) is 12.7 Å². The molecule has 26 heavy (non-hydrogen) atoms. The van der Waals surface area contributed by atoms with Crippen LogP contribution in [-0.4, -0.2) is 32.0 Å². The minimum atomic E-state index is -0.414. The number of hydrogen-bond donors (Lipinski definition) is 2. The second-order valence-electron chi connectivity index (χ2n) is 6.00. The lowest BCUT2D eigenvalue weighted by molar-refractivity contribution is -0.120. The van der Waals surface area contributed by atoms with Crippen molar-refractivity contribution in [2.75, 3.05) is 25.1 Å². The van der Waals surface area contributed by atoms with Gasteiger partial charge in [0, 0.05) is 16.7 Å².